The van der Waals surface area contributed by atoms with Gasteiger partial charge in [-0.3, -0.25) is 9.59 Å². The number of carboxylic acids is 1. The lowest BCUT2D eigenvalue weighted by Gasteiger charge is -2.21. The zero-order valence-electron chi connectivity index (χ0n) is 15.0. The van der Waals surface area contributed by atoms with Crippen LogP contribution in [0.1, 0.15) is 18.1 Å². The van der Waals surface area contributed by atoms with Gasteiger partial charge in [-0.1, -0.05) is 29.8 Å². The average Bonchev–Trinajstić information content (AvgIpc) is 2.63. The van der Waals surface area contributed by atoms with E-state index < -0.39 is 35.7 Å². The molecule has 2 amide bonds. The molecule has 9 heteroatoms. The lowest BCUT2D eigenvalue weighted by molar-refractivity contribution is -0.142. The minimum atomic E-state index is -1.23. The highest BCUT2D eigenvalue weighted by Crippen LogP contribution is 2.09. The fraction of sp³-hybridized carbons (Fsp3) is 0.263. The first kappa shape index (κ1) is 21.3. The second kappa shape index (κ2) is 9.80. The molecule has 0 bridgehead atoms. The number of aromatic nitrogens is 1. The zero-order valence-corrected chi connectivity index (χ0v) is 15.7. The number of nitrogens with zero attached hydrogens (tertiary/aromatic N) is 1. The normalized spacial score (nSPS) is 12.7. The summed E-state index contributed by atoms with van der Waals surface area (Å²) in [5.74, 6) is -2.76. The van der Waals surface area contributed by atoms with Gasteiger partial charge in [0.15, 0.2) is 0 Å². The van der Waals surface area contributed by atoms with Crippen LogP contribution in [0, 0.1) is 5.82 Å². The number of carbonyl (C=O) groups is 3. The average molecular weight is 408 g/mol. The van der Waals surface area contributed by atoms with Crippen molar-refractivity contribution in [3.05, 3.63) is 64.7 Å². The summed E-state index contributed by atoms with van der Waals surface area (Å²) in [5.41, 5.74) is 1.19. The summed E-state index contributed by atoms with van der Waals surface area (Å²) in [6, 6.07) is 6.37. The van der Waals surface area contributed by atoms with E-state index in [1.54, 1.807) is 6.07 Å². The molecule has 1 aromatic heterocycles. The molecule has 3 N–H and O–H groups in total. The smallest absolute Gasteiger partial charge is 0.326 e. The Morgan fingerprint density at radius 3 is 2.18 bits per heavy atom. The number of rotatable bonds is 8. The standard InChI is InChI=1S/C19H19ClFN3O4/c1-11(25)23-15(8-12-2-5-14(21)6-3-12)18(26)24-16(19(27)28)9-13-4-7-17(20)22-10-13/h2-7,10,15-16H,8-9H2,1H3,(H,23,25)(H,24,26)(H,27,28)/t15-,16-/m0/s1. The third kappa shape index (κ3) is 6.62. The molecule has 0 aliphatic carbocycles. The predicted octanol–water partition coefficient (Wildman–Crippen LogP) is 1.73. The van der Waals surface area contributed by atoms with Gasteiger partial charge in [-0.25, -0.2) is 14.2 Å². The van der Waals surface area contributed by atoms with Crippen molar-refractivity contribution in [3.63, 3.8) is 0 Å². The second-order valence-corrected chi connectivity index (χ2v) is 6.56. The van der Waals surface area contributed by atoms with E-state index >= 15 is 0 Å². The van der Waals surface area contributed by atoms with Crippen molar-refractivity contribution in [2.24, 2.45) is 0 Å². The first-order chi connectivity index (χ1) is 13.2. The van der Waals surface area contributed by atoms with Gasteiger partial charge in [0, 0.05) is 26.0 Å². The van der Waals surface area contributed by atoms with Crippen molar-refractivity contribution in [3.8, 4) is 0 Å². The van der Waals surface area contributed by atoms with Crippen molar-refractivity contribution < 1.29 is 23.9 Å². The third-order valence-corrected chi connectivity index (χ3v) is 4.11. The van der Waals surface area contributed by atoms with Crippen molar-refractivity contribution in [1.82, 2.24) is 15.6 Å². The van der Waals surface area contributed by atoms with Crippen LogP contribution in [0.5, 0.6) is 0 Å². The van der Waals surface area contributed by atoms with Crippen molar-refractivity contribution >= 4 is 29.4 Å². The first-order valence-electron chi connectivity index (χ1n) is 8.39. The van der Waals surface area contributed by atoms with Crippen LogP contribution in [-0.4, -0.2) is 40.0 Å². The summed E-state index contributed by atoms with van der Waals surface area (Å²) in [6.07, 6.45) is 1.50. The van der Waals surface area contributed by atoms with Gasteiger partial charge >= 0.3 is 5.97 Å². The molecule has 0 saturated heterocycles. The van der Waals surface area contributed by atoms with Gasteiger partial charge in [0.2, 0.25) is 11.8 Å². The number of hydrogen-bond acceptors (Lipinski definition) is 4. The van der Waals surface area contributed by atoms with Crippen LogP contribution >= 0.6 is 11.6 Å². The quantitative estimate of drug-likeness (QED) is 0.577. The van der Waals surface area contributed by atoms with Gasteiger partial charge < -0.3 is 15.7 Å². The van der Waals surface area contributed by atoms with Crippen LogP contribution in [0.2, 0.25) is 5.15 Å². The maximum Gasteiger partial charge on any atom is 0.326 e. The summed E-state index contributed by atoms with van der Waals surface area (Å²) in [4.78, 5) is 39.5. The Morgan fingerprint density at radius 1 is 1.04 bits per heavy atom. The van der Waals surface area contributed by atoms with Gasteiger partial charge in [-0.05, 0) is 29.3 Å². The Kier molecular flexibility index (Phi) is 7.45. The van der Waals surface area contributed by atoms with E-state index in [1.165, 1.54) is 43.5 Å². The summed E-state index contributed by atoms with van der Waals surface area (Å²) in [5, 5.41) is 14.6. The van der Waals surface area contributed by atoms with E-state index in [-0.39, 0.29) is 18.0 Å². The summed E-state index contributed by atoms with van der Waals surface area (Å²) < 4.78 is 13.1. The molecule has 0 fully saturated rings. The van der Waals surface area contributed by atoms with E-state index in [0.717, 1.165) is 0 Å². The molecule has 2 aromatic rings. The number of carbonyl (C=O) groups excluding carboxylic acids is 2. The SMILES string of the molecule is CC(=O)N[C@@H](Cc1ccc(F)cc1)C(=O)N[C@@H](Cc1ccc(Cl)nc1)C(=O)O. The Bertz CT molecular complexity index is 843. The second-order valence-electron chi connectivity index (χ2n) is 6.18. The molecular formula is C19H19ClFN3O4. The maximum atomic E-state index is 13.1. The molecule has 0 spiro atoms. The lowest BCUT2D eigenvalue weighted by atomic mass is 10.0. The zero-order chi connectivity index (χ0) is 20.7. The number of amides is 2. The monoisotopic (exact) mass is 407 g/mol. The van der Waals surface area contributed by atoms with Gasteiger partial charge in [-0.2, -0.15) is 0 Å². The maximum absolute atomic E-state index is 13.1. The Hall–Kier alpha value is -3.00. The molecule has 1 heterocycles. The number of nitrogens with one attached hydrogen (secondary N) is 2. The van der Waals surface area contributed by atoms with Crippen LogP contribution < -0.4 is 10.6 Å². The topological polar surface area (TPSA) is 108 Å². The molecule has 0 unspecified atom stereocenters. The number of benzene rings is 1. The van der Waals surface area contributed by atoms with Crippen LogP contribution in [0.25, 0.3) is 0 Å². The summed E-state index contributed by atoms with van der Waals surface area (Å²) in [6.45, 7) is 1.25. The largest absolute Gasteiger partial charge is 0.480 e. The Balaban J connectivity index is 2.11. The molecule has 28 heavy (non-hydrogen) atoms. The van der Waals surface area contributed by atoms with E-state index in [0.29, 0.717) is 11.1 Å². The molecule has 148 valence electrons. The van der Waals surface area contributed by atoms with Gasteiger partial charge in [0.05, 0.1) is 0 Å². The summed E-state index contributed by atoms with van der Waals surface area (Å²) in [7, 11) is 0. The molecule has 0 saturated carbocycles. The van der Waals surface area contributed by atoms with E-state index in [4.69, 9.17) is 11.6 Å². The predicted molar refractivity (Wildman–Crippen MR) is 100 cm³/mol. The van der Waals surface area contributed by atoms with Crippen molar-refractivity contribution in [1.29, 1.82) is 0 Å². The molecular weight excluding hydrogens is 389 g/mol. The van der Waals surface area contributed by atoms with E-state index in [1.807, 2.05) is 0 Å². The number of halogens is 2. The number of aliphatic carboxylic acids is 1. The minimum absolute atomic E-state index is 0.00538. The number of carboxylic acid groups (broad SMARTS) is 1. The summed E-state index contributed by atoms with van der Waals surface area (Å²) >= 11 is 5.71. The molecule has 2 atom stereocenters. The molecule has 2 rings (SSSR count). The Labute approximate surface area is 165 Å². The van der Waals surface area contributed by atoms with Gasteiger partial charge in [0.25, 0.3) is 0 Å². The third-order valence-electron chi connectivity index (χ3n) is 3.89. The highest BCUT2D eigenvalue weighted by atomic mass is 35.5. The van der Waals surface area contributed by atoms with Gasteiger partial charge in [0.1, 0.15) is 23.1 Å². The minimum Gasteiger partial charge on any atom is -0.480 e. The molecule has 0 aliphatic heterocycles. The fourth-order valence-electron chi connectivity index (χ4n) is 2.55. The van der Waals surface area contributed by atoms with Gasteiger partial charge in [-0.15, -0.1) is 0 Å². The highest BCUT2D eigenvalue weighted by molar-refractivity contribution is 6.29. The van der Waals surface area contributed by atoms with Crippen molar-refractivity contribution in [2.75, 3.05) is 0 Å². The fourth-order valence-corrected chi connectivity index (χ4v) is 2.66. The van der Waals surface area contributed by atoms with E-state index in [9.17, 15) is 23.9 Å². The highest BCUT2D eigenvalue weighted by Gasteiger charge is 2.26. The molecule has 7 nitrogen and oxygen atoms in total. The van der Waals surface area contributed by atoms with Crippen LogP contribution in [0.15, 0.2) is 42.6 Å². The molecule has 0 aliphatic rings. The number of hydrogen-bond donors (Lipinski definition) is 3. The van der Waals surface area contributed by atoms with Crippen LogP contribution in [0.4, 0.5) is 4.39 Å². The van der Waals surface area contributed by atoms with Crippen LogP contribution in [0.3, 0.4) is 0 Å². The first-order valence-corrected chi connectivity index (χ1v) is 8.77. The Morgan fingerprint density at radius 2 is 1.64 bits per heavy atom. The molecule has 0 radical (unpaired) electrons. The van der Waals surface area contributed by atoms with E-state index in [2.05, 4.69) is 15.6 Å². The lowest BCUT2D eigenvalue weighted by Crippen LogP contribution is -2.52. The molecule has 1 aromatic carbocycles. The van der Waals surface area contributed by atoms with Crippen molar-refractivity contribution in [2.45, 2.75) is 31.8 Å². The number of pyridine rings is 1. The van der Waals surface area contributed by atoms with Crippen LogP contribution in [-0.2, 0) is 27.2 Å².